The highest BCUT2D eigenvalue weighted by molar-refractivity contribution is 8.00. The van der Waals surface area contributed by atoms with Gasteiger partial charge in [-0.1, -0.05) is 41.9 Å². The summed E-state index contributed by atoms with van der Waals surface area (Å²) in [5.41, 5.74) is 2.09. The molecule has 1 heterocycles. The molecule has 0 aliphatic rings. The van der Waals surface area contributed by atoms with Crippen LogP contribution in [0.5, 0.6) is 0 Å². The number of amides is 2. The monoisotopic (exact) mass is 467 g/mol. The van der Waals surface area contributed by atoms with Gasteiger partial charge in [-0.15, -0.1) is 11.8 Å². The Labute approximate surface area is 196 Å². The number of aromatic nitrogens is 1. The average Bonchev–Trinajstić information content (AvgIpc) is 3.21. The van der Waals surface area contributed by atoms with E-state index in [1.54, 1.807) is 44.2 Å². The first-order valence-corrected chi connectivity index (χ1v) is 11.4. The molecule has 0 saturated heterocycles. The summed E-state index contributed by atoms with van der Waals surface area (Å²) in [6.07, 6.45) is -0.722. The highest BCUT2D eigenvalue weighted by Crippen LogP contribution is 2.24. The second-order valence-electron chi connectivity index (χ2n) is 7.31. The molecular weight excluding hydrogens is 442 g/mol. The molecule has 0 bridgehead atoms. The molecule has 33 heavy (non-hydrogen) atoms. The van der Waals surface area contributed by atoms with Gasteiger partial charge in [-0.3, -0.25) is 9.59 Å². The zero-order chi connectivity index (χ0) is 23.8. The number of thioether (sulfide) groups is 1. The van der Waals surface area contributed by atoms with Crippen LogP contribution in [-0.2, 0) is 14.3 Å². The van der Waals surface area contributed by atoms with Crippen molar-refractivity contribution in [2.75, 3.05) is 16.4 Å². The minimum atomic E-state index is -1.00. The molecule has 0 aliphatic carbocycles. The van der Waals surface area contributed by atoms with Crippen molar-refractivity contribution >= 4 is 41.1 Å². The van der Waals surface area contributed by atoms with Crippen LogP contribution in [0.1, 0.15) is 35.0 Å². The Kier molecular flexibility index (Phi) is 8.26. The zero-order valence-corrected chi connectivity index (χ0v) is 19.4. The summed E-state index contributed by atoms with van der Waals surface area (Å²) in [7, 11) is 0. The predicted octanol–water partition coefficient (Wildman–Crippen LogP) is 4.60. The van der Waals surface area contributed by atoms with Crippen LogP contribution >= 0.6 is 11.8 Å². The van der Waals surface area contributed by atoms with Crippen molar-refractivity contribution < 1.29 is 23.6 Å². The molecule has 1 atom stereocenters. The average molecular weight is 468 g/mol. The zero-order valence-electron chi connectivity index (χ0n) is 18.6. The van der Waals surface area contributed by atoms with Gasteiger partial charge in [-0.25, -0.2) is 4.79 Å². The van der Waals surface area contributed by atoms with Crippen molar-refractivity contribution in [1.29, 1.82) is 0 Å². The van der Waals surface area contributed by atoms with Crippen LogP contribution in [0.25, 0.3) is 0 Å². The maximum absolute atomic E-state index is 12.8. The quantitative estimate of drug-likeness (QED) is 0.350. The molecule has 172 valence electrons. The van der Waals surface area contributed by atoms with Gasteiger partial charge < -0.3 is 19.9 Å². The number of benzene rings is 2. The van der Waals surface area contributed by atoms with E-state index in [1.807, 2.05) is 31.2 Å². The van der Waals surface area contributed by atoms with Crippen LogP contribution in [0.4, 0.5) is 11.5 Å². The summed E-state index contributed by atoms with van der Waals surface area (Å²) in [6.45, 7) is 5.41. The predicted molar refractivity (Wildman–Crippen MR) is 126 cm³/mol. The summed E-state index contributed by atoms with van der Waals surface area (Å²) in [5, 5.41) is 9.11. The highest BCUT2D eigenvalue weighted by Gasteiger charge is 2.24. The lowest BCUT2D eigenvalue weighted by molar-refractivity contribution is -0.124. The third-order valence-electron chi connectivity index (χ3n) is 4.59. The number of nitrogens with zero attached hydrogens (tertiary/aromatic N) is 1. The number of nitrogens with one attached hydrogen (secondary N) is 2. The van der Waals surface area contributed by atoms with E-state index in [2.05, 4.69) is 15.8 Å². The molecule has 8 nitrogen and oxygen atoms in total. The van der Waals surface area contributed by atoms with Gasteiger partial charge in [0.05, 0.1) is 11.3 Å². The first-order valence-electron chi connectivity index (χ1n) is 10.4. The Morgan fingerprint density at radius 3 is 2.45 bits per heavy atom. The van der Waals surface area contributed by atoms with E-state index >= 15 is 0 Å². The minimum absolute atomic E-state index is 0.112. The van der Waals surface area contributed by atoms with E-state index in [0.717, 1.165) is 5.56 Å². The second-order valence-corrected chi connectivity index (χ2v) is 8.33. The number of carbonyl (C=O) groups excluding carboxylic acids is 3. The van der Waals surface area contributed by atoms with Crippen molar-refractivity contribution in [2.24, 2.45) is 0 Å². The number of ether oxygens (including phenoxy) is 1. The second kappa shape index (κ2) is 11.3. The molecule has 9 heteroatoms. The SMILES string of the molecule is CCC(OC(=O)c1ccccc1SCC(=O)Nc1ccc(C)cc1)C(=O)Nc1cc(C)on1. The Hall–Kier alpha value is -3.59. The van der Waals surface area contributed by atoms with E-state index in [9.17, 15) is 14.4 Å². The molecule has 1 aromatic heterocycles. The number of hydrogen-bond donors (Lipinski definition) is 2. The smallest absolute Gasteiger partial charge is 0.340 e. The lowest BCUT2D eigenvalue weighted by atomic mass is 10.2. The fourth-order valence-electron chi connectivity index (χ4n) is 2.89. The van der Waals surface area contributed by atoms with E-state index in [0.29, 0.717) is 16.3 Å². The summed E-state index contributed by atoms with van der Waals surface area (Å²) in [4.78, 5) is 38.2. The number of carbonyl (C=O) groups is 3. The van der Waals surface area contributed by atoms with E-state index in [1.165, 1.54) is 11.8 Å². The maximum Gasteiger partial charge on any atom is 0.340 e. The molecule has 0 radical (unpaired) electrons. The minimum Gasteiger partial charge on any atom is -0.449 e. The van der Waals surface area contributed by atoms with Crippen molar-refractivity contribution in [2.45, 2.75) is 38.2 Å². The summed E-state index contributed by atoms with van der Waals surface area (Å²) >= 11 is 1.22. The Morgan fingerprint density at radius 2 is 1.79 bits per heavy atom. The van der Waals surface area contributed by atoms with Gasteiger partial charge in [0.25, 0.3) is 5.91 Å². The molecule has 0 aliphatic heterocycles. The molecule has 3 rings (SSSR count). The van der Waals surface area contributed by atoms with Crippen molar-refractivity contribution in [1.82, 2.24) is 5.16 Å². The molecule has 2 amide bonds. The lowest BCUT2D eigenvalue weighted by Gasteiger charge is -2.16. The van der Waals surface area contributed by atoms with Crippen LogP contribution in [0.2, 0.25) is 0 Å². The Bertz CT molecular complexity index is 1130. The van der Waals surface area contributed by atoms with Gasteiger partial charge in [0.15, 0.2) is 11.9 Å². The normalized spacial score (nSPS) is 11.5. The highest BCUT2D eigenvalue weighted by atomic mass is 32.2. The van der Waals surface area contributed by atoms with E-state index < -0.39 is 18.0 Å². The first-order chi connectivity index (χ1) is 15.9. The molecular formula is C24H25N3O5S. The van der Waals surface area contributed by atoms with Crippen LogP contribution in [-0.4, -0.2) is 34.8 Å². The summed E-state index contributed by atoms with van der Waals surface area (Å²) in [5.74, 6) is -0.422. The van der Waals surface area contributed by atoms with Crippen LogP contribution in [0.15, 0.2) is 64.0 Å². The van der Waals surface area contributed by atoms with Gasteiger partial charge in [0, 0.05) is 16.6 Å². The van der Waals surface area contributed by atoms with E-state index in [4.69, 9.17) is 9.26 Å². The van der Waals surface area contributed by atoms with Crippen LogP contribution in [0.3, 0.4) is 0 Å². The van der Waals surface area contributed by atoms with Gasteiger partial charge in [0.2, 0.25) is 5.91 Å². The topological polar surface area (TPSA) is 111 Å². The van der Waals surface area contributed by atoms with Gasteiger partial charge >= 0.3 is 5.97 Å². The molecule has 1 unspecified atom stereocenters. The molecule has 0 spiro atoms. The third kappa shape index (κ3) is 6.95. The molecule has 3 aromatic rings. The van der Waals surface area contributed by atoms with Crippen molar-refractivity contribution in [3.05, 3.63) is 71.5 Å². The fourth-order valence-corrected chi connectivity index (χ4v) is 3.73. The maximum atomic E-state index is 12.8. The number of rotatable bonds is 9. The van der Waals surface area contributed by atoms with Gasteiger partial charge in [-0.05, 0) is 44.5 Å². The largest absolute Gasteiger partial charge is 0.449 e. The molecule has 2 aromatic carbocycles. The van der Waals surface area contributed by atoms with Crippen LogP contribution in [0, 0.1) is 13.8 Å². The third-order valence-corrected chi connectivity index (χ3v) is 5.67. The molecule has 0 fully saturated rings. The molecule has 2 N–H and O–H groups in total. The van der Waals surface area contributed by atoms with Crippen molar-refractivity contribution in [3.63, 3.8) is 0 Å². The number of aryl methyl sites for hydroxylation is 2. The fraction of sp³-hybridized carbons (Fsp3) is 0.250. The molecule has 0 saturated carbocycles. The lowest BCUT2D eigenvalue weighted by Crippen LogP contribution is -2.32. The van der Waals surface area contributed by atoms with Gasteiger partial charge in [-0.2, -0.15) is 0 Å². The Balaban J connectivity index is 1.60. The number of hydrogen-bond acceptors (Lipinski definition) is 7. The van der Waals surface area contributed by atoms with Crippen molar-refractivity contribution in [3.8, 4) is 0 Å². The number of esters is 1. The summed E-state index contributed by atoms with van der Waals surface area (Å²) < 4.78 is 10.4. The van der Waals surface area contributed by atoms with Crippen LogP contribution < -0.4 is 10.6 Å². The standard InChI is InChI=1S/C24H25N3O5S/c1-4-19(23(29)26-21-13-16(3)32-27-21)31-24(30)18-7-5-6-8-20(18)33-14-22(28)25-17-11-9-15(2)10-12-17/h5-13,19H,4,14H2,1-3H3,(H,25,28)(H,26,27,29). The summed E-state index contributed by atoms with van der Waals surface area (Å²) in [6, 6.07) is 15.9. The Morgan fingerprint density at radius 1 is 1.06 bits per heavy atom. The first kappa shape index (κ1) is 24.1. The van der Waals surface area contributed by atoms with E-state index in [-0.39, 0.29) is 29.5 Å². The number of anilines is 2. The van der Waals surface area contributed by atoms with Gasteiger partial charge in [0.1, 0.15) is 5.76 Å².